The van der Waals surface area contributed by atoms with Crippen molar-refractivity contribution in [2.24, 2.45) is 5.92 Å². The van der Waals surface area contributed by atoms with Crippen molar-refractivity contribution < 1.29 is 13.2 Å². The van der Waals surface area contributed by atoms with Crippen LogP contribution < -0.4 is 10.2 Å². The Morgan fingerprint density at radius 1 is 1.37 bits per heavy atom. The summed E-state index contributed by atoms with van der Waals surface area (Å²) < 4.78 is 37.5. The number of nitrogens with one attached hydrogen (secondary N) is 1. The van der Waals surface area contributed by atoms with Gasteiger partial charge in [-0.15, -0.1) is 0 Å². The molecule has 1 N–H and O–H groups in total. The molecule has 0 atom stereocenters. The van der Waals surface area contributed by atoms with Gasteiger partial charge in [0, 0.05) is 26.3 Å². The fourth-order valence-corrected chi connectivity index (χ4v) is 1.43. The molecule has 1 rings (SSSR count). The second kappa shape index (κ2) is 6.70. The molecule has 0 saturated heterocycles. The molecule has 7 heteroatoms. The fraction of sp³-hybridized carbons (Fsp3) is 0.667. The van der Waals surface area contributed by atoms with Crippen molar-refractivity contribution in [3.63, 3.8) is 0 Å². The molecule has 19 heavy (non-hydrogen) atoms. The van der Waals surface area contributed by atoms with Crippen LogP contribution in [0.4, 0.5) is 19.1 Å². The quantitative estimate of drug-likeness (QED) is 0.809. The molecule has 0 aliphatic carbocycles. The highest BCUT2D eigenvalue weighted by Crippen LogP contribution is 2.27. The van der Waals surface area contributed by atoms with Crippen molar-refractivity contribution in [3.05, 3.63) is 18.0 Å². The Morgan fingerprint density at radius 3 is 2.63 bits per heavy atom. The molecular formula is C12H19F3N4. The van der Waals surface area contributed by atoms with Gasteiger partial charge < -0.3 is 10.2 Å². The van der Waals surface area contributed by atoms with Crippen LogP contribution in [0.2, 0.25) is 0 Å². The maximum Gasteiger partial charge on any atom is 0.433 e. The molecule has 0 bridgehead atoms. The fourth-order valence-electron chi connectivity index (χ4n) is 1.43. The van der Waals surface area contributed by atoms with Crippen molar-refractivity contribution >= 4 is 5.95 Å². The van der Waals surface area contributed by atoms with Crippen LogP contribution >= 0.6 is 0 Å². The van der Waals surface area contributed by atoms with Crippen LogP contribution in [0.5, 0.6) is 0 Å². The summed E-state index contributed by atoms with van der Waals surface area (Å²) in [4.78, 5) is 8.97. The summed E-state index contributed by atoms with van der Waals surface area (Å²) in [6, 6.07) is 0.869. The van der Waals surface area contributed by atoms with Gasteiger partial charge in [0.15, 0.2) is 0 Å². The van der Waals surface area contributed by atoms with Crippen LogP contribution in [0, 0.1) is 5.92 Å². The van der Waals surface area contributed by atoms with Gasteiger partial charge in [-0.3, -0.25) is 0 Å². The number of alkyl halides is 3. The van der Waals surface area contributed by atoms with E-state index in [0.29, 0.717) is 19.0 Å². The highest BCUT2D eigenvalue weighted by molar-refractivity contribution is 5.29. The molecule has 0 radical (unpaired) electrons. The zero-order chi connectivity index (χ0) is 14.5. The van der Waals surface area contributed by atoms with E-state index >= 15 is 0 Å². The molecule has 1 heterocycles. The van der Waals surface area contributed by atoms with Crippen molar-refractivity contribution in [2.45, 2.75) is 20.0 Å². The highest BCUT2D eigenvalue weighted by Gasteiger charge is 2.33. The van der Waals surface area contributed by atoms with Crippen molar-refractivity contribution in [3.8, 4) is 0 Å². The Kier molecular flexibility index (Phi) is 5.53. The topological polar surface area (TPSA) is 41.0 Å². The molecule has 108 valence electrons. The lowest BCUT2D eigenvalue weighted by Crippen LogP contribution is -2.32. The molecule has 1 aromatic rings. The third-order valence-corrected chi connectivity index (χ3v) is 2.45. The average molecular weight is 276 g/mol. The van der Waals surface area contributed by atoms with Crippen molar-refractivity contribution in [1.29, 1.82) is 0 Å². The predicted octanol–water partition coefficient (Wildman–Crippen LogP) is 2.18. The first-order valence-electron chi connectivity index (χ1n) is 6.13. The van der Waals surface area contributed by atoms with Crippen molar-refractivity contribution in [1.82, 2.24) is 15.3 Å². The van der Waals surface area contributed by atoms with Crippen LogP contribution in [0.3, 0.4) is 0 Å². The van der Waals surface area contributed by atoms with Gasteiger partial charge in [0.2, 0.25) is 5.95 Å². The van der Waals surface area contributed by atoms with Gasteiger partial charge in [-0.1, -0.05) is 13.8 Å². The predicted molar refractivity (Wildman–Crippen MR) is 68.0 cm³/mol. The van der Waals surface area contributed by atoms with Crippen LogP contribution in [-0.2, 0) is 6.18 Å². The first-order valence-corrected chi connectivity index (χ1v) is 6.13. The van der Waals surface area contributed by atoms with E-state index in [0.717, 1.165) is 18.8 Å². The SMILES string of the molecule is CC(C)CNCCN(C)c1nccc(C(F)(F)F)n1. The summed E-state index contributed by atoms with van der Waals surface area (Å²) in [5.74, 6) is 0.622. The highest BCUT2D eigenvalue weighted by atomic mass is 19.4. The summed E-state index contributed by atoms with van der Waals surface area (Å²) in [7, 11) is 1.67. The molecule has 0 saturated carbocycles. The van der Waals surface area contributed by atoms with E-state index in [1.54, 1.807) is 11.9 Å². The molecule has 0 amide bonds. The van der Waals surface area contributed by atoms with Gasteiger partial charge in [-0.2, -0.15) is 13.2 Å². The Labute approximate surface area is 111 Å². The van der Waals surface area contributed by atoms with E-state index in [9.17, 15) is 13.2 Å². The van der Waals surface area contributed by atoms with Crippen LogP contribution in [-0.4, -0.2) is 36.6 Å². The van der Waals surface area contributed by atoms with Gasteiger partial charge in [0.25, 0.3) is 0 Å². The molecule has 0 spiro atoms. The van der Waals surface area contributed by atoms with Gasteiger partial charge in [-0.25, -0.2) is 9.97 Å². The Balaban J connectivity index is 2.55. The average Bonchev–Trinajstić information content (AvgIpc) is 2.33. The molecule has 1 aromatic heterocycles. The summed E-state index contributed by atoms with van der Waals surface area (Å²) in [5.41, 5.74) is -0.917. The normalized spacial score (nSPS) is 11.9. The first kappa shape index (κ1) is 15.7. The second-order valence-corrected chi connectivity index (χ2v) is 4.76. The number of hydrogen-bond donors (Lipinski definition) is 1. The van der Waals surface area contributed by atoms with E-state index in [1.165, 1.54) is 0 Å². The molecule has 0 fully saturated rings. The lowest BCUT2D eigenvalue weighted by atomic mass is 10.2. The number of hydrogen-bond acceptors (Lipinski definition) is 4. The van der Waals surface area contributed by atoms with Crippen LogP contribution in [0.15, 0.2) is 12.3 Å². The van der Waals surface area contributed by atoms with Crippen LogP contribution in [0.1, 0.15) is 19.5 Å². The summed E-state index contributed by atoms with van der Waals surface area (Å²) >= 11 is 0. The number of aromatic nitrogens is 2. The first-order chi connectivity index (χ1) is 8.80. The van der Waals surface area contributed by atoms with Crippen LogP contribution in [0.25, 0.3) is 0 Å². The summed E-state index contributed by atoms with van der Waals surface area (Å²) in [6.45, 7) is 6.28. The van der Waals surface area contributed by atoms with Gasteiger partial charge in [-0.05, 0) is 18.5 Å². The molecule has 0 aromatic carbocycles. The number of halogens is 3. The van der Waals surface area contributed by atoms with E-state index in [1.807, 2.05) is 0 Å². The summed E-state index contributed by atoms with van der Waals surface area (Å²) in [5, 5.41) is 3.21. The number of rotatable bonds is 6. The maximum atomic E-state index is 12.5. The third kappa shape index (κ3) is 5.42. The monoisotopic (exact) mass is 276 g/mol. The van der Waals surface area contributed by atoms with Gasteiger partial charge in [0.1, 0.15) is 5.69 Å². The summed E-state index contributed by atoms with van der Waals surface area (Å²) in [6.07, 6.45) is -3.31. The molecule has 0 aliphatic rings. The van der Waals surface area contributed by atoms with E-state index in [-0.39, 0.29) is 5.95 Å². The zero-order valence-electron chi connectivity index (χ0n) is 11.3. The Hall–Kier alpha value is -1.37. The molecular weight excluding hydrogens is 257 g/mol. The number of anilines is 1. The lowest BCUT2D eigenvalue weighted by molar-refractivity contribution is -0.141. The van der Waals surface area contributed by atoms with Crippen molar-refractivity contribution in [2.75, 3.05) is 31.6 Å². The maximum absolute atomic E-state index is 12.5. The largest absolute Gasteiger partial charge is 0.433 e. The molecule has 0 aliphatic heterocycles. The smallest absolute Gasteiger partial charge is 0.343 e. The second-order valence-electron chi connectivity index (χ2n) is 4.76. The Bertz CT molecular complexity index is 393. The standard InChI is InChI=1S/C12H19F3N4/c1-9(2)8-16-6-7-19(3)11-17-5-4-10(18-11)12(13,14)15/h4-5,9,16H,6-8H2,1-3H3. The minimum absolute atomic E-state index is 0.0844. The van der Waals surface area contributed by atoms with E-state index < -0.39 is 11.9 Å². The molecule has 0 unspecified atom stereocenters. The lowest BCUT2D eigenvalue weighted by Gasteiger charge is -2.18. The third-order valence-electron chi connectivity index (χ3n) is 2.45. The van der Waals surface area contributed by atoms with Gasteiger partial charge >= 0.3 is 6.18 Å². The number of likely N-dealkylation sites (N-methyl/N-ethyl adjacent to an activating group) is 1. The van der Waals surface area contributed by atoms with Gasteiger partial charge in [0.05, 0.1) is 0 Å². The molecule has 4 nitrogen and oxygen atoms in total. The van der Waals surface area contributed by atoms with E-state index in [4.69, 9.17) is 0 Å². The van der Waals surface area contributed by atoms with E-state index in [2.05, 4.69) is 29.1 Å². The zero-order valence-corrected chi connectivity index (χ0v) is 11.3. The number of nitrogens with zero attached hydrogens (tertiary/aromatic N) is 3. The Morgan fingerprint density at radius 2 is 2.05 bits per heavy atom. The minimum atomic E-state index is -4.44. The minimum Gasteiger partial charge on any atom is -0.343 e.